The van der Waals surface area contributed by atoms with Gasteiger partial charge in [-0.25, -0.2) is 0 Å². The fraction of sp³-hybridized carbons (Fsp3) is 0.927. The largest absolute Gasteiger partial charge is 0.463 e. The molecule has 0 aromatic rings. The Bertz CT molecular complexity index is 884. The van der Waals surface area contributed by atoms with Gasteiger partial charge in [0.2, 0.25) is 0 Å². The SMILES string of the molecule is CCCCCCCC/C=C\CCCCCCCCOC(COC(=O)CCCCCCCCCCCCCCCCC)COC(=O)CCCCCCCCCCCCC(C)C. The van der Waals surface area contributed by atoms with Crippen LogP contribution in [0.5, 0.6) is 0 Å². The Balaban J connectivity index is 4.22. The Morgan fingerprint density at radius 1 is 0.383 bits per heavy atom. The lowest BCUT2D eigenvalue weighted by atomic mass is 10.0. The molecule has 0 radical (unpaired) electrons. The van der Waals surface area contributed by atoms with Gasteiger partial charge in [-0.3, -0.25) is 9.59 Å². The number of rotatable bonds is 50. The van der Waals surface area contributed by atoms with E-state index in [1.54, 1.807) is 0 Å². The molecule has 356 valence electrons. The van der Waals surface area contributed by atoms with Crippen molar-refractivity contribution < 1.29 is 23.8 Å². The molecular weight excluding hydrogens is 741 g/mol. The minimum atomic E-state index is -0.396. The van der Waals surface area contributed by atoms with E-state index in [1.165, 1.54) is 218 Å². The molecule has 0 amide bonds. The number of hydrogen-bond acceptors (Lipinski definition) is 5. The Hall–Kier alpha value is -1.36. The van der Waals surface area contributed by atoms with E-state index < -0.39 is 6.10 Å². The first-order valence-electron chi connectivity index (χ1n) is 27.1. The van der Waals surface area contributed by atoms with E-state index in [-0.39, 0.29) is 25.2 Å². The van der Waals surface area contributed by atoms with Crippen LogP contribution in [-0.2, 0) is 23.8 Å². The van der Waals surface area contributed by atoms with Gasteiger partial charge in [0.15, 0.2) is 0 Å². The van der Waals surface area contributed by atoms with Crippen LogP contribution in [-0.4, -0.2) is 37.9 Å². The van der Waals surface area contributed by atoms with E-state index >= 15 is 0 Å². The number of hydrogen-bond donors (Lipinski definition) is 0. The van der Waals surface area contributed by atoms with Gasteiger partial charge in [-0.2, -0.15) is 0 Å². The van der Waals surface area contributed by atoms with Crippen molar-refractivity contribution in [2.24, 2.45) is 5.92 Å². The normalized spacial score (nSPS) is 12.2. The summed E-state index contributed by atoms with van der Waals surface area (Å²) in [5.74, 6) is 0.511. The second kappa shape index (κ2) is 50.3. The van der Waals surface area contributed by atoms with Crippen LogP contribution in [0.15, 0.2) is 12.2 Å². The molecule has 0 fully saturated rings. The molecule has 0 aromatic heterocycles. The highest BCUT2D eigenvalue weighted by molar-refractivity contribution is 5.69. The molecule has 5 nitrogen and oxygen atoms in total. The first-order chi connectivity index (χ1) is 29.5. The second-order valence-corrected chi connectivity index (χ2v) is 19.0. The highest BCUT2D eigenvalue weighted by Crippen LogP contribution is 2.17. The van der Waals surface area contributed by atoms with Crippen molar-refractivity contribution in [2.75, 3.05) is 19.8 Å². The molecule has 0 bridgehead atoms. The number of allylic oxidation sites excluding steroid dienone is 2. The molecule has 0 aliphatic carbocycles. The zero-order chi connectivity index (χ0) is 43.7. The maximum atomic E-state index is 12.6. The van der Waals surface area contributed by atoms with E-state index in [1.807, 2.05) is 0 Å². The van der Waals surface area contributed by atoms with Crippen molar-refractivity contribution in [2.45, 2.75) is 303 Å². The van der Waals surface area contributed by atoms with Crippen LogP contribution in [0.2, 0.25) is 0 Å². The lowest BCUT2D eigenvalue weighted by Gasteiger charge is -2.18. The Morgan fingerprint density at radius 3 is 1.03 bits per heavy atom. The predicted octanol–water partition coefficient (Wildman–Crippen LogP) is 18.1. The van der Waals surface area contributed by atoms with Crippen molar-refractivity contribution in [1.29, 1.82) is 0 Å². The molecule has 0 aromatic carbocycles. The summed E-state index contributed by atoms with van der Waals surface area (Å²) in [4.78, 5) is 25.2. The summed E-state index contributed by atoms with van der Waals surface area (Å²) in [5.41, 5.74) is 0. The molecule has 0 spiro atoms. The Morgan fingerprint density at radius 2 is 0.683 bits per heavy atom. The van der Waals surface area contributed by atoms with Crippen LogP contribution < -0.4 is 0 Å². The van der Waals surface area contributed by atoms with Gasteiger partial charge in [-0.1, -0.05) is 252 Å². The molecular formula is C55H106O5. The number of carbonyl (C=O) groups is 2. The van der Waals surface area contributed by atoms with Gasteiger partial charge in [0, 0.05) is 19.4 Å². The van der Waals surface area contributed by atoms with E-state index in [9.17, 15) is 9.59 Å². The van der Waals surface area contributed by atoms with E-state index in [4.69, 9.17) is 14.2 Å². The van der Waals surface area contributed by atoms with Gasteiger partial charge in [0.05, 0.1) is 0 Å². The first kappa shape index (κ1) is 58.6. The molecule has 0 N–H and O–H groups in total. The van der Waals surface area contributed by atoms with Crippen LogP contribution in [0.3, 0.4) is 0 Å². The van der Waals surface area contributed by atoms with Crippen molar-refractivity contribution in [3.05, 3.63) is 12.2 Å². The van der Waals surface area contributed by atoms with Gasteiger partial charge < -0.3 is 14.2 Å². The monoisotopic (exact) mass is 847 g/mol. The molecule has 60 heavy (non-hydrogen) atoms. The Labute approximate surface area is 375 Å². The van der Waals surface area contributed by atoms with Crippen molar-refractivity contribution in [3.63, 3.8) is 0 Å². The molecule has 0 aliphatic heterocycles. The summed E-state index contributed by atoms with van der Waals surface area (Å²) in [6, 6.07) is 0. The second-order valence-electron chi connectivity index (χ2n) is 19.0. The molecule has 0 rings (SSSR count). The summed E-state index contributed by atoms with van der Waals surface area (Å²) < 4.78 is 17.5. The van der Waals surface area contributed by atoms with Crippen molar-refractivity contribution in [3.8, 4) is 0 Å². The number of esters is 2. The van der Waals surface area contributed by atoms with E-state index in [0.717, 1.165) is 44.4 Å². The van der Waals surface area contributed by atoms with Crippen LogP contribution in [0.25, 0.3) is 0 Å². The highest BCUT2D eigenvalue weighted by Gasteiger charge is 2.16. The summed E-state index contributed by atoms with van der Waals surface area (Å²) in [6.45, 7) is 10.1. The maximum absolute atomic E-state index is 12.6. The Kier molecular flexibility index (Phi) is 49.1. The molecule has 0 saturated heterocycles. The van der Waals surface area contributed by atoms with E-state index in [2.05, 4.69) is 39.8 Å². The standard InChI is InChI=1S/C55H106O5/c1-5-7-9-11-13-15-17-19-21-23-25-29-33-37-41-45-49-58-53(51-60-55(57)48-44-40-36-32-28-27-30-34-38-42-46-52(3)4)50-59-54(56)47-43-39-35-31-26-24-22-20-18-16-14-12-10-8-6-2/h19,21,52-53H,5-18,20,22-51H2,1-4H3/b21-19-. The van der Waals surface area contributed by atoms with Crippen LogP contribution >= 0.6 is 0 Å². The first-order valence-corrected chi connectivity index (χ1v) is 27.1. The third kappa shape index (κ3) is 49.3. The summed E-state index contributed by atoms with van der Waals surface area (Å²) in [6.07, 6.45) is 56.7. The highest BCUT2D eigenvalue weighted by atomic mass is 16.6. The fourth-order valence-corrected chi connectivity index (χ4v) is 8.14. The van der Waals surface area contributed by atoms with Gasteiger partial charge in [0.25, 0.3) is 0 Å². The van der Waals surface area contributed by atoms with Crippen molar-refractivity contribution in [1.82, 2.24) is 0 Å². The lowest BCUT2D eigenvalue weighted by Crippen LogP contribution is -2.29. The molecule has 0 heterocycles. The summed E-state index contributed by atoms with van der Waals surface area (Å²) >= 11 is 0. The molecule has 1 atom stereocenters. The van der Waals surface area contributed by atoms with Gasteiger partial charge in [-0.05, 0) is 50.9 Å². The predicted molar refractivity (Wildman–Crippen MR) is 261 cm³/mol. The molecule has 5 heteroatoms. The van der Waals surface area contributed by atoms with Crippen LogP contribution in [0.1, 0.15) is 297 Å². The van der Waals surface area contributed by atoms with Crippen molar-refractivity contribution >= 4 is 11.9 Å². The minimum Gasteiger partial charge on any atom is -0.463 e. The molecule has 0 saturated carbocycles. The number of carbonyl (C=O) groups excluding carboxylic acids is 2. The fourth-order valence-electron chi connectivity index (χ4n) is 8.14. The van der Waals surface area contributed by atoms with Crippen LogP contribution in [0.4, 0.5) is 0 Å². The third-order valence-electron chi connectivity index (χ3n) is 12.3. The quantitative estimate of drug-likeness (QED) is 0.0347. The van der Waals surface area contributed by atoms with Gasteiger partial charge >= 0.3 is 11.9 Å². The molecule has 1 unspecified atom stereocenters. The topological polar surface area (TPSA) is 61.8 Å². The van der Waals surface area contributed by atoms with Gasteiger partial charge in [0.1, 0.15) is 19.3 Å². The zero-order valence-corrected chi connectivity index (χ0v) is 41.2. The third-order valence-corrected chi connectivity index (χ3v) is 12.3. The number of unbranched alkanes of at least 4 members (excludes halogenated alkanes) is 35. The average molecular weight is 847 g/mol. The van der Waals surface area contributed by atoms with Gasteiger partial charge in [-0.15, -0.1) is 0 Å². The summed E-state index contributed by atoms with van der Waals surface area (Å²) in [5, 5.41) is 0. The van der Waals surface area contributed by atoms with Crippen LogP contribution in [0, 0.1) is 5.92 Å². The summed E-state index contributed by atoms with van der Waals surface area (Å²) in [7, 11) is 0. The number of ether oxygens (including phenoxy) is 3. The zero-order valence-electron chi connectivity index (χ0n) is 41.2. The molecule has 0 aliphatic rings. The lowest BCUT2D eigenvalue weighted by molar-refractivity contribution is -0.155. The maximum Gasteiger partial charge on any atom is 0.305 e. The average Bonchev–Trinajstić information content (AvgIpc) is 3.24. The minimum absolute atomic E-state index is 0.159. The van der Waals surface area contributed by atoms with E-state index in [0.29, 0.717) is 19.4 Å². The smallest absolute Gasteiger partial charge is 0.305 e.